The first-order valence-electron chi connectivity index (χ1n) is 5.52. The average molecular weight is 232 g/mol. The number of nitrogens with zero attached hydrogens (tertiary/aromatic N) is 2. The van der Waals surface area contributed by atoms with Crippen LogP contribution in [0.2, 0.25) is 0 Å². The molecule has 4 heteroatoms. The van der Waals surface area contributed by atoms with Crippen molar-refractivity contribution in [2.75, 3.05) is 6.54 Å². The van der Waals surface area contributed by atoms with Crippen LogP contribution in [0.25, 0.3) is 0 Å². The molecule has 0 aliphatic heterocycles. The van der Waals surface area contributed by atoms with Crippen LogP contribution in [0.1, 0.15) is 45.3 Å². The number of halogens is 1. The quantitative estimate of drug-likeness (QED) is 0.764. The van der Waals surface area contributed by atoms with Crippen LogP contribution in [0.5, 0.6) is 0 Å². The second kappa shape index (κ2) is 7.71. The van der Waals surface area contributed by atoms with Gasteiger partial charge in [-0.1, -0.05) is 13.8 Å². The first-order valence-corrected chi connectivity index (χ1v) is 5.52. The molecule has 0 spiro atoms. The molecule has 1 rings (SSSR count). The van der Waals surface area contributed by atoms with Gasteiger partial charge in [0, 0.05) is 18.8 Å². The van der Waals surface area contributed by atoms with Gasteiger partial charge in [-0.3, -0.25) is 4.68 Å². The van der Waals surface area contributed by atoms with Crippen molar-refractivity contribution in [1.29, 1.82) is 0 Å². The Morgan fingerprint density at radius 2 is 2.20 bits per heavy atom. The summed E-state index contributed by atoms with van der Waals surface area (Å²) in [6.45, 7) is 8.58. The number of aromatic nitrogens is 2. The summed E-state index contributed by atoms with van der Waals surface area (Å²) in [6, 6.07) is 2.60. The molecule has 0 aromatic carbocycles. The molecule has 1 N–H and O–H groups in total. The lowest BCUT2D eigenvalue weighted by Crippen LogP contribution is -2.18. The van der Waals surface area contributed by atoms with E-state index in [0.29, 0.717) is 6.04 Å². The van der Waals surface area contributed by atoms with Crippen molar-refractivity contribution < 1.29 is 0 Å². The Kier molecular flexibility index (Phi) is 7.44. The van der Waals surface area contributed by atoms with Gasteiger partial charge in [0.15, 0.2) is 0 Å². The Hall–Kier alpha value is -0.540. The summed E-state index contributed by atoms with van der Waals surface area (Å²) in [5.41, 5.74) is 1.28. The fraction of sp³-hybridized carbons (Fsp3) is 0.727. The molecule has 1 unspecified atom stereocenters. The highest BCUT2D eigenvalue weighted by Gasteiger charge is 2.06. The Bertz CT molecular complexity index is 260. The molecule has 0 amide bonds. The van der Waals surface area contributed by atoms with Crippen LogP contribution in [0.4, 0.5) is 0 Å². The zero-order valence-corrected chi connectivity index (χ0v) is 10.7. The van der Waals surface area contributed by atoms with Crippen molar-refractivity contribution in [2.45, 2.75) is 46.2 Å². The van der Waals surface area contributed by atoms with Gasteiger partial charge in [-0.25, -0.2) is 0 Å². The number of hydrogen-bond acceptors (Lipinski definition) is 2. The first kappa shape index (κ1) is 14.5. The van der Waals surface area contributed by atoms with Crippen molar-refractivity contribution in [1.82, 2.24) is 15.1 Å². The standard InChI is InChI=1S/C11H21N3.ClH/c1-4-7-12-9-11-6-8-13-14(11)10(3)5-2;/h6,8,10,12H,4-5,7,9H2,1-3H3;1H. The predicted molar refractivity (Wildman–Crippen MR) is 66.5 cm³/mol. The Morgan fingerprint density at radius 3 is 2.80 bits per heavy atom. The van der Waals surface area contributed by atoms with Crippen molar-refractivity contribution in [3.63, 3.8) is 0 Å². The third kappa shape index (κ3) is 4.22. The van der Waals surface area contributed by atoms with E-state index in [4.69, 9.17) is 0 Å². The highest BCUT2D eigenvalue weighted by molar-refractivity contribution is 5.85. The molecule has 1 aromatic rings. The zero-order chi connectivity index (χ0) is 10.4. The summed E-state index contributed by atoms with van der Waals surface area (Å²) in [6.07, 6.45) is 4.19. The third-order valence-corrected chi connectivity index (χ3v) is 2.49. The number of hydrogen-bond donors (Lipinski definition) is 1. The van der Waals surface area contributed by atoms with Gasteiger partial charge >= 0.3 is 0 Å². The minimum Gasteiger partial charge on any atom is -0.311 e. The van der Waals surface area contributed by atoms with E-state index in [1.807, 2.05) is 6.20 Å². The van der Waals surface area contributed by atoms with E-state index in [0.717, 1.165) is 19.5 Å². The van der Waals surface area contributed by atoms with Crippen LogP contribution < -0.4 is 5.32 Å². The lowest BCUT2D eigenvalue weighted by atomic mass is 10.2. The summed E-state index contributed by atoms with van der Waals surface area (Å²) in [5.74, 6) is 0. The van der Waals surface area contributed by atoms with Crippen LogP contribution in [-0.4, -0.2) is 16.3 Å². The highest BCUT2D eigenvalue weighted by atomic mass is 35.5. The molecule has 15 heavy (non-hydrogen) atoms. The van der Waals surface area contributed by atoms with Crippen molar-refractivity contribution in [3.8, 4) is 0 Å². The van der Waals surface area contributed by atoms with E-state index in [2.05, 4.69) is 41.9 Å². The molecule has 1 atom stereocenters. The lowest BCUT2D eigenvalue weighted by Gasteiger charge is -2.13. The van der Waals surface area contributed by atoms with Crippen LogP contribution in [0, 0.1) is 0 Å². The van der Waals surface area contributed by atoms with Gasteiger partial charge in [0.25, 0.3) is 0 Å². The Morgan fingerprint density at radius 1 is 1.47 bits per heavy atom. The molecule has 0 saturated heterocycles. The fourth-order valence-corrected chi connectivity index (χ4v) is 1.44. The Balaban J connectivity index is 0.00000196. The maximum Gasteiger partial charge on any atom is 0.0525 e. The van der Waals surface area contributed by atoms with Gasteiger partial charge in [0.1, 0.15) is 0 Å². The van der Waals surface area contributed by atoms with E-state index >= 15 is 0 Å². The lowest BCUT2D eigenvalue weighted by molar-refractivity contribution is 0.452. The summed E-state index contributed by atoms with van der Waals surface area (Å²) in [7, 11) is 0. The van der Waals surface area contributed by atoms with Crippen LogP contribution in [-0.2, 0) is 6.54 Å². The van der Waals surface area contributed by atoms with E-state index in [-0.39, 0.29) is 12.4 Å². The maximum atomic E-state index is 4.34. The predicted octanol–water partition coefficient (Wildman–Crippen LogP) is 2.78. The molecular weight excluding hydrogens is 210 g/mol. The zero-order valence-electron chi connectivity index (χ0n) is 9.86. The van der Waals surface area contributed by atoms with Crippen molar-refractivity contribution >= 4 is 12.4 Å². The van der Waals surface area contributed by atoms with Gasteiger partial charge in [-0.2, -0.15) is 5.10 Å². The highest BCUT2D eigenvalue weighted by Crippen LogP contribution is 2.11. The molecule has 0 aliphatic carbocycles. The summed E-state index contributed by atoms with van der Waals surface area (Å²) < 4.78 is 2.11. The van der Waals surface area contributed by atoms with Gasteiger partial charge in [-0.05, 0) is 32.4 Å². The second-order valence-electron chi connectivity index (χ2n) is 3.70. The molecule has 0 aliphatic rings. The van der Waals surface area contributed by atoms with Crippen LogP contribution in [0.3, 0.4) is 0 Å². The van der Waals surface area contributed by atoms with E-state index in [1.54, 1.807) is 0 Å². The van der Waals surface area contributed by atoms with E-state index in [9.17, 15) is 0 Å². The van der Waals surface area contributed by atoms with Crippen molar-refractivity contribution in [3.05, 3.63) is 18.0 Å². The number of nitrogens with one attached hydrogen (secondary N) is 1. The molecule has 0 bridgehead atoms. The monoisotopic (exact) mass is 231 g/mol. The minimum atomic E-state index is 0. The third-order valence-electron chi connectivity index (χ3n) is 2.49. The van der Waals surface area contributed by atoms with Crippen LogP contribution >= 0.6 is 12.4 Å². The molecule has 0 saturated carbocycles. The largest absolute Gasteiger partial charge is 0.311 e. The Labute approximate surface area is 98.7 Å². The number of rotatable bonds is 6. The average Bonchev–Trinajstić information content (AvgIpc) is 2.65. The van der Waals surface area contributed by atoms with E-state index in [1.165, 1.54) is 12.1 Å². The van der Waals surface area contributed by atoms with Gasteiger partial charge in [0.2, 0.25) is 0 Å². The van der Waals surface area contributed by atoms with Crippen LogP contribution in [0.15, 0.2) is 12.3 Å². The summed E-state index contributed by atoms with van der Waals surface area (Å²) >= 11 is 0. The van der Waals surface area contributed by atoms with Gasteiger partial charge < -0.3 is 5.32 Å². The minimum absolute atomic E-state index is 0. The molecule has 3 nitrogen and oxygen atoms in total. The smallest absolute Gasteiger partial charge is 0.0525 e. The van der Waals surface area contributed by atoms with Gasteiger partial charge in [0.05, 0.1) is 5.69 Å². The summed E-state index contributed by atoms with van der Waals surface area (Å²) in [4.78, 5) is 0. The first-order chi connectivity index (χ1) is 6.79. The molecule has 0 fully saturated rings. The normalized spacial score (nSPS) is 12.2. The molecule has 0 radical (unpaired) electrons. The SMILES string of the molecule is CCCNCc1ccnn1C(C)CC.Cl. The summed E-state index contributed by atoms with van der Waals surface area (Å²) in [5, 5.41) is 7.74. The maximum absolute atomic E-state index is 4.34. The molecule has 1 heterocycles. The topological polar surface area (TPSA) is 29.9 Å². The molecule has 88 valence electrons. The molecule has 1 aromatic heterocycles. The molecular formula is C11H22ClN3. The second-order valence-corrected chi connectivity index (χ2v) is 3.70. The van der Waals surface area contributed by atoms with Gasteiger partial charge in [-0.15, -0.1) is 12.4 Å². The van der Waals surface area contributed by atoms with E-state index < -0.39 is 0 Å². The van der Waals surface area contributed by atoms with Crippen molar-refractivity contribution in [2.24, 2.45) is 0 Å². The fourth-order valence-electron chi connectivity index (χ4n) is 1.44.